The maximum absolute atomic E-state index is 2.62. The minimum atomic E-state index is 0. The van der Waals surface area contributed by atoms with Gasteiger partial charge in [-0.3, -0.25) is 12.3 Å². The molecule has 19 heavy (non-hydrogen) atoms. The van der Waals surface area contributed by atoms with Crippen LogP contribution < -0.4 is 10.6 Å². The van der Waals surface area contributed by atoms with Gasteiger partial charge in [0.2, 0.25) is 0 Å². The van der Waals surface area contributed by atoms with E-state index in [0.717, 1.165) is 11.3 Å². The minimum absolute atomic E-state index is 0. The summed E-state index contributed by atoms with van der Waals surface area (Å²) in [6.07, 6.45) is 10.7. The molecule has 0 amide bonds. The van der Waals surface area contributed by atoms with Crippen molar-refractivity contribution in [2.24, 2.45) is 0 Å². The van der Waals surface area contributed by atoms with Gasteiger partial charge < -0.3 is 0 Å². The second-order valence-electron chi connectivity index (χ2n) is 5.52. The third-order valence-corrected chi connectivity index (χ3v) is 10.00. The van der Waals surface area contributed by atoms with Crippen LogP contribution in [0, 0.1) is 12.3 Å². The maximum atomic E-state index is 2.62. The molecule has 1 radical (unpaired) electrons. The van der Waals surface area contributed by atoms with Crippen molar-refractivity contribution in [1.82, 2.24) is 0 Å². The van der Waals surface area contributed by atoms with E-state index in [-0.39, 0.29) is 35.3 Å². The van der Waals surface area contributed by atoms with Crippen molar-refractivity contribution in [1.29, 1.82) is 0 Å². The molecule has 1 aromatic rings. The molecule has 2 saturated heterocycles. The molecule has 3 heteroatoms. The van der Waals surface area contributed by atoms with Gasteiger partial charge in [-0.2, -0.15) is 12.8 Å². The van der Waals surface area contributed by atoms with Crippen LogP contribution in [0.5, 0.6) is 0 Å². The molecule has 2 heterocycles. The first-order chi connectivity index (χ1) is 8.77. The van der Waals surface area contributed by atoms with Crippen molar-refractivity contribution in [3.8, 4) is 0 Å². The Morgan fingerprint density at radius 3 is 1.63 bits per heavy atom. The standard InChI is InChI=1S/C16H22P2.Rh/c1-13-7-5-11-17(13)15-9-3-4-10-16(15)18-12-6-8-14(18)2;/h3-4,9-14H,5-8H2,1-2H3;/q-2;+2/t13-,14-,17?,18?;/m1./s1. The topological polar surface area (TPSA) is 0 Å². The first-order valence-corrected chi connectivity index (χ1v) is 10.1. The Balaban J connectivity index is 0.00000133. The number of rotatable bonds is 2. The van der Waals surface area contributed by atoms with Crippen LogP contribution in [0.4, 0.5) is 0 Å². The monoisotopic (exact) mass is 379 g/mol. The van der Waals surface area contributed by atoms with Crippen LogP contribution in [0.3, 0.4) is 0 Å². The number of hydrogen-bond acceptors (Lipinski definition) is 0. The Morgan fingerprint density at radius 2 is 1.32 bits per heavy atom. The predicted octanol–water partition coefficient (Wildman–Crippen LogP) is 4.59. The van der Waals surface area contributed by atoms with E-state index in [9.17, 15) is 0 Å². The normalized spacial score (nSPS) is 34.2. The van der Waals surface area contributed by atoms with Crippen LogP contribution in [0.2, 0.25) is 0 Å². The second-order valence-corrected chi connectivity index (χ2v) is 10.6. The van der Waals surface area contributed by atoms with E-state index in [2.05, 4.69) is 50.4 Å². The Hall–Kier alpha value is 0.703. The van der Waals surface area contributed by atoms with Crippen LogP contribution in [0.15, 0.2) is 24.3 Å². The van der Waals surface area contributed by atoms with Gasteiger partial charge in [0.1, 0.15) is 0 Å². The molecule has 2 aliphatic rings. The molecular weight excluding hydrogens is 357 g/mol. The van der Waals surface area contributed by atoms with Gasteiger partial charge in [0, 0.05) is 0 Å². The summed E-state index contributed by atoms with van der Waals surface area (Å²) in [5.74, 6) is 0. The van der Waals surface area contributed by atoms with Gasteiger partial charge in [-0.25, -0.2) is 15.8 Å². The van der Waals surface area contributed by atoms with Crippen LogP contribution in [-0.2, 0) is 19.5 Å². The summed E-state index contributed by atoms with van der Waals surface area (Å²) in [4.78, 5) is 0. The Morgan fingerprint density at radius 1 is 0.895 bits per heavy atom. The maximum Gasteiger partial charge on any atom is 2.00 e. The van der Waals surface area contributed by atoms with Crippen molar-refractivity contribution in [2.45, 2.75) is 50.8 Å². The molecular formula is C16H22P2Rh. The molecule has 2 fully saturated rings. The van der Waals surface area contributed by atoms with E-state index >= 15 is 0 Å². The van der Waals surface area contributed by atoms with Gasteiger partial charge in [-0.05, 0) is 10.6 Å². The fraction of sp³-hybridized carbons (Fsp3) is 0.500. The quantitative estimate of drug-likeness (QED) is 0.401. The zero-order valence-electron chi connectivity index (χ0n) is 11.7. The SMILES string of the molecule is C[C@@H]1CC[CH-]P1c1ccccc1P1[CH-]CC[C@H]1C.[Rh+2]. The zero-order chi connectivity index (χ0) is 12.5. The summed E-state index contributed by atoms with van der Waals surface area (Å²) in [7, 11) is 0.0276. The van der Waals surface area contributed by atoms with E-state index in [1.54, 1.807) is 10.6 Å². The van der Waals surface area contributed by atoms with Gasteiger partial charge in [0.05, 0.1) is 0 Å². The van der Waals surface area contributed by atoms with Crippen molar-refractivity contribution in [3.63, 3.8) is 0 Å². The van der Waals surface area contributed by atoms with Crippen LogP contribution in [0.1, 0.15) is 39.5 Å². The third kappa shape index (κ3) is 3.31. The molecule has 3 rings (SSSR count). The van der Waals surface area contributed by atoms with Crippen molar-refractivity contribution < 1.29 is 19.5 Å². The van der Waals surface area contributed by atoms with E-state index in [1.165, 1.54) is 25.7 Å². The minimum Gasteiger partial charge on any atom is -0.298 e. The van der Waals surface area contributed by atoms with Gasteiger partial charge in [0.15, 0.2) is 0 Å². The Labute approximate surface area is 133 Å². The van der Waals surface area contributed by atoms with E-state index in [4.69, 9.17) is 0 Å². The molecule has 0 aromatic heterocycles. The molecule has 4 atom stereocenters. The number of benzene rings is 1. The van der Waals surface area contributed by atoms with Gasteiger partial charge in [0.25, 0.3) is 0 Å². The second kappa shape index (κ2) is 7.11. The summed E-state index contributed by atoms with van der Waals surface area (Å²) in [6, 6.07) is 9.33. The van der Waals surface area contributed by atoms with Gasteiger partial charge in [-0.1, -0.05) is 62.3 Å². The first kappa shape index (κ1) is 16.1. The number of hydrogen-bond donors (Lipinski definition) is 0. The fourth-order valence-corrected chi connectivity index (χ4v) is 8.78. The summed E-state index contributed by atoms with van der Waals surface area (Å²) in [5, 5.41) is 3.40. The molecule has 1 aromatic carbocycles. The van der Waals surface area contributed by atoms with Crippen LogP contribution in [0.25, 0.3) is 0 Å². The summed E-state index contributed by atoms with van der Waals surface area (Å²) >= 11 is 0. The molecule has 0 bridgehead atoms. The van der Waals surface area contributed by atoms with Crippen LogP contribution >= 0.6 is 15.8 Å². The first-order valence-electron chi connectivity index (χ1n) is 7.10. The zero-order valence-corrected chi connectivity index (χ0v) is 15.1. The van der Waals surface area contributed by atoms with Crippen molar-refractivity contribution in [3.05, 3.63) is 36.6 Å². The molecule has 0 N–H and O–H groups in total. The summed E-state index contributed by atoms with van der Waals surface area (Å²) in [5.41, 5.74) is 1.79. The molecule has 0 nitrogen and oxygen atoms in total. The Kier molecular flexibility index (Phi) is 6.02. The van der Waals surface area contributed by atoms with E-state index in [1.807, 2.05) is 0 Å². The fourth-order valence-electron chi connectivity index (χ4n) is 3.12. The van der Waals surface area contributed by atoms with Crippen LogP contribution in [-0.4, -0.2) is 11.3 Å². The summed E-state index contributed by atoms with van der Waals surface area (Å²) < 4.78 is 0. The van der Waals surface area contributed by atoms with Crippen molar-refractivity contribution >= 4 is 26.5 Å². The van der Waals surface area contributed by atoms with Gasteiger partial charge >= 0.3 is 19.5 Å². The molecule has 0 saturated carbocycles. The predicted molar refractivity (Wildman–Crippen MR) is 85.5 cm³/mol. The molecule has 0 aliphatic carbocycles. The van der Waals surface area contributed by atoms with Gasteiger partial charge in [-0.15, -0.1) is 0 Å². The molecule has 0 spiro atoms. The molecule has 105 valence electrons. The molecule has 2 unspecified atom stereocenters. The smallest absolute Gasteiger partial charge is 0.298 e. The van der Waals surface area contributed by atoms with E-state index < -0.39 is 0 Å². The van der Waals surface area contributed by atoms with E-state index in [0.29, 0.717) is 0 Å². The summed E-state index contributed by atoms with van der Waals surface area (Å²) in [6.45, 7) is 4.89. The largest absolute Gasteiger partial charge is 2.00 e. The Bertz CT molecular complexity index is 382. The van der Waals surface area contributed by atoms with Crippen molar-refractivity contribution in [2.75, 3.05) is 0 Å². The molecule has 2 aliphatic heterocycles. The average Bonchev–Trinajstić information content (AvgIpc) is 2.98. The average molecular weight is 379 g/mol. The third-order valence-electron chi connectivity index (χ3n) is 4.21.